The van der Waals surface area contributed by atoms with Crippen molar-refractivity contribution in [2.75, 3.05) is 24.5 Å². The molecule has 0 spiro atoms. The van der Waals surface area contributed by atoms with Gasteiger partial charge < -0.3 is 19.9 Å². The number of anilines is 1. The molecule has 1 saturated carbocycles. The van der Waals surface area contributed by atoms with Gasteiger partial charge in [-0.25, -0.2) is 9.78 Å². The van der Waals surface area contributed by atoms with E-state index in [-0.39, 0.29) is 30.3 Å². The van der Waals surface area contributed by atoms with E-state index in [0.717, 1.165) is 24.0 Å². The van der Waals surface area contributed by atoms with Gasteiger partial charge in [0.15, 0.2) is 5.82 Å². The van der Waals surface area contributed by atoms with Crippen LogP contribution in [0.15, 0.2) is 29.1 Å². The van der Waals surface area contributed by atoms with Crippen LogP contribution in [-0.4, -0.2) is 68.7 Å². The van der Waals surface area contributed by atoms with Crippen LogP contribution >= 0.6 is 0 Å². The Kier molecular flexibility index (Phi) is 8.78. The number of nitrogens with one attached hydrogen (secondary N) is 1. The van der Waals surface area contributed by atoms with Crippen LogP contribution in [0, 0.1) is 0 Å². The zero-order chi connectivity index (χ0) is 28.3. The second-order valence-corrected chi connectivity index (χ2v) is 12.3. The summed E-state index contributed by atoms with van der Waals surface area (Å²) in [5.74, 6) is -1.03. The Labute approximate surface area is 236 Å². The van der Waals surface area contributed by atoms with Crippen molar-refractivity contribution in [3.63, 3.8) is 0 Å². The number of aliphatic carboxylic acids is 1. The third-order valence-electron chi connectivity index (χ3n) is 9.54. The molecule has 5 rings (SSSR count). The predicted octanol–water partition coefficient (Wildman–Crippen LogP) is 4.48. The van der Waals surface area contributed by atoms with Crippen LogP contribution in [0.3, 0.4) is 0 Å². The first kappa shape index (κ1) is 28.6. The minimum atomic E-state index is -1.31. The highest BCUT2D eigenvalue weighted by atomic mass is 16.4. The highest BCUT2D eigenvalue weighted by molar-refractivity contribution is 5.86. The molecule has 1 aliphatic carbocycles. The highest BCUT2D eigenvalue weighted by Crippen LogP contribution is 2.33. The maximum atomic E-state index is 14.1. The summed E-state index contributed by atoms with van der Waals surface area (Å²) in [7, 11) is 0. The van der Waals surface area contributed by atoms with Crippen molar-refractivity contribution in [1.29, 1.82) is 0 Å². The number of para-hydroxylation sites is 2. The topological polar surface area (TPSA) is 108 Å². The van der Waals surface area contributed by atoms with Gasteiger partial charge in [-0.1, -0.05) is 44.2 Å². The fourth-order valence-corrected chi connectivity index (χ4v) is 7.47. The van der Waals surface area contributed by atoms with Crippen LogP contribution in [0.4, 0.5) is 5.82 Å². The second kappa shape index (κ2) is 12.3. The van der Waals surface area contributed by atoms with E-state index < -0.39 is 11.5 Å². The van der Waals surface area contributed by atoms with E-state index in [9.17, 15) is 19.5 Å². The molecule has 3 fully saturated rings. The molecule has 2 saturated heterocycles. The van der Waals surface area contributed by atoms with E-state index in [2.05, 4.69) is 17.1 Å². The molecule has 0 unspecified atom stereocenters. The Hall–Kier alpha value is -2.94. The van der Waals surface area contributed by atoms with Crippen molar-refractivity contribution in [3.8, 4) is 0 Å². The van der Waals surface area contributed by atoms with Crippen molar-refractivity contribution < 1.29 is 14.7 Å². The molecule has 40 heavy (non-hydrogen) atoms. The number of carbonyl (C=O) groups excluding carboxylic acids is 1. The van der Waals surface area contributed by atoms with E-state index in [4.69, 9.17) is 4.98 Å². The summed E-state index contributed by atoms with van der Waals surface area (Å²) >= 11 is 0. The fourth-order valence-electron chi connectivity index (χ4n) is 7.47. The lowest BCUT2D eigenvalue weighted by Crippen LogP contribution is -2.60. The van der Waals surface area contributed by atoms with Crippen LogP contribution < -0.4 is 15.8 Å². The Morgan fingerprint density at radius 2 is 1.70 bits per heavy atom. The summed E-state index contributed by atoms with van der Waals surface area (Å²) in [5.41, 5.74) is 0.177. The summed E-state index contributed by atoms with van der Waals surface area (Å²) in [6.45, 7) is 5.32. The van der Waals surface area contributed by atoms with Crippen molar-refractivity contribution in [2.24, 2.45) is 0 Å². The number of piperidine rings is 1. The van der Waals surface area contributed by atoms with Gasteiger partial charge in [-0.3, -0.25) is 14.5 Å². The molecular formula is C31H45N5O4. The molecule has 1 aromatic heterocycles. The van der Waals surface area contributed by atoms with Crippen LogP contribution in [0.5, 0.6) is 0 Å². The number of amides is 1. The highest BCUT2D eigenvalue weighted by Gasteiger charge is 2.43. The normalized spacial score (nSPS) is 23.4. The zero-order valence-electron chi connectivity index (χ0n) is 24.1. The van der Waals surface area contributed by atoms with Crippen molar-refractivity contribution in [2.45, 2.75) is 115 Å². The van der Waals surface area contributed by atoms with Gasteiger partial charge in [0, 0.05) is 38.1 Å². The van der Waals surface area contributed by atoms with Crippen molar-refractivity contribution in [3.05, 3.63) is 34.6 Å². The number of benzene rings is 1. The lowest BCUT2D eigenvalue weighted by atomic mass is 9.87. The Balaban J connectivity index is 1.40. The third kappa shape index (κ3) is 5.90. The summed E-state index contributed by atoms with van der Waals surface area (Å²) in [4.78, 5) is 47.3. The predicted molar refractivity (Wildman–Crippen MR) is 157 cm³/mol. The van der Waals surface area contributed by atoms with Gasteiger partial charge in [0.25, 0.3) is 5.56 Å². The average molecular weight is 552 g/mol. The number of nitrogens with zero attached hydrogens (tertiary/aromatic N) is 4. The van der Waals surface area contributed by atoms with Gasteiger partial charge in [-0.15, -0.1) is 0 Å². The van der Waals surface area contributed by atoms with Crippen LogP contribution in [0.2, 0.25) is 0 Å². The smallest absolute Gasteiger partial charge is 0.329 e. The lowest BCUT2D eigenvalue weighted by molar-refractivity contribution is -0.148. The van der Waals surface area contributed by atoms with Crippen molar-refractivity contribution in [1.82, 2.24) is 19.8 Å². The molecule has 9 heteroatoms. The molecule has 2 aliphatic heterocycles. The molecule has 2 N–H and O–H groups in total. The summed E-state index contributed by atoms with van der Waals surface area (Å²) < 4.78 is 1.93. The fraction of sp³-hybridized carbons (Fsp3) is 0.677. The number of rotatable bonds is 7. The van der Waals surface area contributed by atoms with E-state index in [1.54, 1.807) is 0 Å². The molecule has 1 amide bonds. The van der Waals surface area contributed by atoms with Crippen molar-refractivity contribution >= 4 is 28.7 Å². The molecule has 3 aliphatic rings. The lowest BCUT2D eigenvalue weighted by Gasteiger charge is -2.39. The van der Waals surface area contributed by atoms with Crippen LogP contribution in [0.1, 0.15) is 96.9 Å². The maximum absolute atomic E-state index is 14.1. The minimum Gasteiger partial charge on any atom is -0.480 e. The van der Waals surface area contributed by atoms with Gasteiger partial charge >= 0.3 is 5.97 Å². The number of carboxylic acids is 1. The molecule has 2 atom stereocenters. The van der Waals surface area contributed by atoms with E-state index in [0.29, 0.717) is 31.0 Å². The van der Waals surface area contributed by atoms with Gasteiger partial charge in [-0.2, -0.15) is 0 Å². The average Bonchev–Trinajstić information content (AvgIpc) is 3.36. The zero-order valence-corrected chi connectivity index (χ0v) is 24.1. The first-order valence-electron chi connectivity index (χ1n) is 15.3. The molecular weight excluding hydrogens is 506 g/mol. The van der Waals surface area contributed by atoms with E-state index in [1.807, 2.05) is 33.7 Å². The Morgan fingerprint density at radius 1 is 1.02 bits per heavy atom. The molecule has 3 heterocycles. The van der Waals surface area contributed by atoms with E-state index >= 15 is 0 Å². The largest absolute Gasteiger partial charge is 0.480 e. The molecule has 0 radical (unpaired) electrons. The van der Waals surface area contributed by atoms with Crippen LogP contribution in [0.25, 0.3) is 11.0 Å². The Morgan fingerprint density at radius 3 is 2.38 bits per heavy atom. The molecule has 0 bridgehead atoms. The van der Waals surface area contributed by atoms with E-state index in [1.165, 1.54) is 64.7 Å². The quantitative estimate of drug-likeness (QED) is 0.522. The van der Waals surface area contributed by atoms with Gasteiger partial charge in [0.1, 0.15) is 5.54 Å². The first-order valence-corrected chi connectivity index (χ1v) is 15.3. The summed E-state index contributed by atoms with van der Waals surface area (Å²) in [6.07, 6.45) is 13.0. The van der Waals surface area contributed by atoms with Gasteiger partial charge in [0.2, 0.25) is 5.91 Å². The number of fused-ring (bicyclic) bond motifs is 1. The summed E-state index contributed by atoms with van der Waals surface area (Å²) in [5, 5.41) is 12.5. The number of carboxylic acid groups (broad SMARTS) is 1. The number of hydrogen-bond acceptors (Lipinski definition) is 6. The first-order chi connectivity index (χ1) is 19.3. The van der Waals surface area contributed by atoms with Gasteiger partial charge in [-0.05, 0) is 70.5 Å². The number of carbonyl (C=O) groups is 2. The second-order valence-electron chi connectivity index (χ2n) is 12.3. The molecule has 2 aromatic rings. The maximum Gasteiger partial charge on any atom is 0.329 e. The number of aromatic nitrogens is 2. The molecule has 9 nitrogen and oxygen atoms in total. The SMILES string of the molecule is CC(=O)NC1(C(=O)O)CCN(c2nc3ccccc3n([C@@H](C)C[C@@H]3CCCN3C3CCCCCCC3)c2=O)CC1. The monoisotopic (exact) mass is 551 g/mol. The molecule has 218 valence electrons. The Bertz CT molecular complexity index is 1260. The van der Waals surface area contributed by atoms with Crippen LogP contribution in [-0.2, 0) is 9.59 Å². The summed E-state index contributed by atoms with van der Waals surface area (Å²) in [6, 6.07) is 8.96. The standard InChI is InChI=1S/C31H45N5O4/c1-22(21-25-13-10-18-35(25)24-11-6-4-3-5-7-12-24)36-27-15-9-8-14-26(27)32-28(29(36)38)34-19-16-31(17-20-34,30(39)40)33-23(2)37/h8-9,14-15,22,24-25H,3-7,10-13,16-21H2,1-2H3,(H,33,37)(H,39,40)/t22-,25-/m0/s1. The molecule has 1 aromatic carbocycles. The minimum absolute atomic E-state index is 0.000543. The number of hydrogen-bond donors (Lipinski definition) is 2. The van der Waals surface area contributed by atoms with Gasteiger partial charge in [0.05, 0.1) is 11.0 Å². The third-order valence-corrected chi connectivity index (χ3v) is 9.54. The number of likely N-dealkylation sites (tertiary alicyclic amines) is 1.